The van der Waals surface area contributed by atoms with Crippen molar-refractivity contribution in [2.24, 2.45) is 0 Å². The Hall–Kier alpha value is -1.47. The lowest BCUT2D eigenvalue weighted by molar-refractivity contribution is -0.379. The van der Waals surface area contributed by atoms with Crippen LogP contribution in [0, 0.1) is 0 Å². The van der Waals surface area contributed by atoms with Crippen LogP contribution in [0.15, 0.2) is 12.2 Å². The molecule has 0 bridgehead atoms. The molecular formula is C68H129NO18. The number of rotatable bonds is 55. The Bertz CT molecular complexity index is 1630. The van der Waals surface area contributed by atoms with Crippen LogP contribution in [0.4, 0.5) is 0 Å². The van der Waals surface area contributed by atoms with Gasteiger partial charge in [0, 0.05) is 6.42 Å². The van der Waals surface area contributed by atoms with Crippen LogP contribution in [0.5, 0.6) is 0 Å². The molecule has 3 rings (SSSR count). The number of allylic oxidation sites excluding steroid dienone is 2. The van der Waals surface area contributed by atoms with E-state index in [0.29, 0.717) is 12.8 Å². The summed E-state index contributed by atoms with van der Waals surface area (Å²) in [6, 6.07) is -0.889. The third-order valence-corrected chi connectivity index (χ3v) is 18.1. The zero-order valence-electron chi connectivity index (χ0n) is 54.3. The molecule has 0 spiro atoms. The second-order valence-corrected chi connectivity index (χ2v) is 25.7. The van der Waals surface area contributed by atoms with Gasteiger partial charge in [-0.3, -0.25) is 4.79 Å². The molecule has 19 nitrogen and oxygen atoms in total. The summed E-state index contributed by atoms with van der Waals surface area (Å²) in [6.07, 6.45) is 28.7. The van der Waals surface area contributed by atoms with Crippen molar-refractivity contribution in [3.63, 3.8) is 0 Å². The average molecular weight is 1250 g/mol. The van der Waals surface area contributed by atoms with Crippen molar-refractivity contribution in [1.29, 1.82) is 0 Å². The molecule has 0 aromatic heterocycles. The maximum absolute atomic E-state index is 13.4. The number of hydrogen-bond donors (Lipinski definition) is 12. The van der Waals surface area contributed by atoms with E-state index in [2.05, 4.69) is 31.3 Å². The van der Waals surface area contributed by atoms with E-state index in [0.717, 1.165) is 64.2 Å². The molecule has 3 saturated heterocycles. The lowest BCUT2D eigenvalue weighted by Gasteiger charge is -2.48. The van der Waals surface area contributed by atoms with Crippen LogP contribution in [0.2, 0.25) is 0 Å². The topological polar surface area (TPSA) is 307 Å². The quantitative estimate of drug-likeness (QED) is 0.0199. The number of amides is 1. The fourth-order valence-electron chi connectivity index (χ4n) is 12.3. The monoisotopic (exact) mass is 1250 g/mol. The zero-order valence-corrected chi connectivity index (χ0v) is 54.3. The predicted octanol–water partition coefficient (Wildman–Crippen LogP) is 9.28. The SMILES string of the molecule is CCCCCCCCC/C=C\CCCCCCCC(=O)NC(COC1OC(CO)C(OC2OC(CO)C(OC3OC(CO)C(O)C(O)C3O)C(O)C2O)C(O)C1O)C(O)CCCCCCCCCCCCCCCCCCCCCCCCCCCC. The van der Waals surface area contributed by atoms with Crippen LogP contribution in [-0.2, 0) is 33.2 Å². The molecule has 0 radical (unpaired) electrons. The molecule has 87 heavy (non-hydrogen) atoms. The van der Waals surface area contributed by atoms with Gasteiger partial charge < -0.3 is 89.9 Å². The second-order valence-electron chi connectivity index (χ2n) is 25.7. The van der Waals surface area contributed by atoms with Crippen molar-refractivity contribution in [3.8, 4) is 0 Å². The highest BCUT2D eigenvalue weighted by atomic mass is 16.8. The number of carbonyl (C=O) groups is 1. The lowest BCUT2D eigenvalue weighted by Crippen LogP contribution is -2.66. The van der Waals surface area contributed by atoms with Crippen LogP contribution in [0.25, 0.3) is 0 Å². The number of aliphatic hydroxyl groups is 11. The normalized spacial score (nSPS) is 28.6. The van der Waals surface area contributed by atoms with E-state index in [1.165, 1.54) is 186 Å². The summed E-state index contributed by atoms with van der Waals surface area (Å²) in [4.78, 5) is 13.4. The van der Waals surface area contributed by atoms with Gasteiger partial charge >= 0.3 is 0 Å². The van der Waals surface area contributed by atoms with Gasteiger partial charge in [0.15, 0.2) is 18.9 Å². The maximum atomic E-state index is 13.4. The molecule has 3 fully saturated rings. The molecule has 19 heteroatoms. The van der Waals surface area contributed by atoms with E-state index < -0.39 is 124 Å². The summed E-state index contributed by atoms with van der Waals surface area (Å²) < 4.78 is 34.4. The first kappa shape index (κ1) is 79.8. The van der Waals surface area contributed by atoms with Gasteiger partial charge in [0.2, 0.25) is 5.91 Å². The number of ether oxygens (including phenoxy) is 6. The molecule has 0 saturated carbocycles. The summed E-state index contributed by atoms with van der Waals surface area (Å²) in [5.74, 6) is -0.247. The molecular weight excluding hydrogens is 1120 g/mol. The van der Waals surface area contributed by atoms with Gasteiger partial charge in [0.1, 0.15) is 73.2 Å². The Morgan fingerprint density at radius 1 is 0.402 bits per heavy atom. The summed E-state index contributed by atoms with van der Waals surface area (Å²) >= 11 is 0. The maximum Gasteiger partial charge on any atom is 0.220 e. The lowest BCUT2D eigenvalue weighted by atomic mass is 9.96. The fourth-order valence-corrected chi connectivity index (χ4v) is 12.3. The van der Waals surface area contributed by atoms with Crippen molar-refractivity contribution < 1.29 is 89.4 Å². The Balaban J connectivity index is 1.41. The van der Waals surface area contributed by atoms with Crippen LogP contribution in [-0.4, -0.2) is 193 Å². The third-order valence-electron chi connectivity index (χ3n) is 18.1. The molecule has 3 heterocycles. The minimum atomic E-state index is -1.97. The summed E-state index contributed by atoms with van der Waals surface area (Å²) in [7, 11) is 0. The van der Waals surface area contributed by atoms with E-state index in [1.807, 2.05) is 0 Å². The van der Waals surface area contributed by atoms with Gasteiger partial charge in [0.05, 0.1) is 38.6 Å². The molecule has 17 atom stereocenters. The van der Waals surface area contributed by atoms with E-state index in [1.54, 1.807) is 0 Å². The molecule has 3 aliphatic heterocycles. The average Bonchev–Trinajstić information content (AvgIpc) is 2.88. The van der Waals surface area contributed by atoms with Gasteiger partial charge in [-0.2, -0.15) is 0 Å². The van der Waals surface area contributed by atoms with Crippen LogP contribution in [0.1, 0.15) is 284 Å². The van der Waals surface area contributed by atoms with Crippen LogP contribution < -0.4 is 5.32 Å². The first-order valence-electron chi connectivity index (χ1n) is 35.4. The first-order chi connectivity index (χ1) is 42.3. The van der Waals surface area contributed by atoms with Crippen molar-refractivity contribution in [2.75, 3.05) is 26.4 Å². The van der Waals surface area contributed by atoms with E-state index in [9.17, 15) is 61.0 Å². The van der Waals surface area contributed by atoms with Gasteiger partial charge in [0.25, 0.3) is 0 Å². The third kappa shape index (κ3) is 33.3. The van der Waals surface area contributed by atoms with Gasteiger partial charge in [-0.25, -0.2) is 0 Å². The Morgan fingerprint density at radius 3 is 1.11 bits per heavy atom. The largest absolute Gasteiger partial charge is 0.394 e. The number of carbonyl (C=O) groups excluding carboxylic acids is 1. The van der Waals surface area contributed by atoms with E-state index in [4.69, 9.17) is 28.4 Å². The molecule has 1 amide bonds. The van der Waals surface area contributed by atoms with Crippen LogP contribution in [0.3, 0.4) is 0 Å². The minimum Gasteiger partial charge on any atom is -0.394 e. The van der Waals surface area contributed by atoms with Gasteiger partial charge in [-0.05, 0) is 38.5 Å². The number of aliphatic hydroxyl groups excluding tert-OH is 11. The summed E-state index contributed by atoms with van der Waals surface area (Å²) in [5.41, 5.74) is 0. The van der Waals surface area contributed by atoms with Crippen molar-refractivity contribution in [1.82, 2.24) is 5.32 Å². The smallest absolute Gasteiger partial charge is 0.220 e. The Morgan fingerprint density at radius 2 is 0.724 bits per heavy atom. The molecule has 3 aliphatic rings. The molecule has 0 aromatic carbocycles. The Kier molecular flexibility index (Phi) is 46.8. The standard InChI is InChI=1S/C68H129NO18/c1-3-5-7-9-11-13-15-17-19-21-22-23-24-25-26-27-28-29-30-31-33-35-37-39-41-43-45-52(73)51(69-56(74)46-44-42-40-38-36-34-32-20-18-16-14-12-10-8-6-4-2)50-82-66-62(80)59(77)64(54(48-71)84-66)87-68-63(81)60(78)65(55(49-72)85-68)86-67-61(79)58(76)57(75)53(47-70)83-67/h20,32,51-55,57-68,70-73,75-81H,3-19,21-31,33-50H2,1-2H3,(H,69,74)/b32-20-. The summed E-state index contributed by atoms with van der Waals surface area (Å²) in [5, 5.41) is 121. The van der Waals surface area contributed by atoms with Crippen molar-refractivity contribution in [3.05, 3.63) is 12.2 Å². The molecule has 12 N–H and O–H groups in total. The van der Waals surface area contributed by atoms with Crippen molar-refractivity contribution in [2.45, 2.75) is 388 Å². The highest BCUT2D eigenvalue weighted by molar-refractivity contribution is 5.76. The van der Waals surface area contributed by atoms with Crippen LogP contribution >= 0.6 is 0 Å². The number of unbranched alkanes of at least 4 members (excludes halogenated alkanes) is 37. The zero-order chi connectivity index (χ0) is 63.3. The Labute approximate surface area is 525 Å². The fraction of sp³-hybridized carbons (Fsp3) is 0.956. The van der Waals surface area contributed by atoms with E-state index in [-0.39, 0.29) is 18.9 Å². The predicted molar refractivity (Wildman–Crippen MR) is 337 cm³/mol. The molecule has 17 unspecified atom stereocenters. The number of hydrogen-bond acceptors (Lipinski definition) is 18. The molecule has 514 valence electrons. The molecule has 0 aliphatic carbocycles. The van der Waals surface area contributed by atoms with E-state index >= 15 is 0 Å². The highest BCUT2D eigenvalue weighted by Crippen LogP contribution is 2.33. The van der Waals surface area contributed by atoms with Gasteiger partial charge in [-0.1, -0.05) is 251 Å². The first-order valence-corrected chi connectivity index (χ1v) is 35.4. The van der Waals surface area contributed by atoms with Gasteiger partial charge in [-0.15, -0.1) is 0 Å². The number of nitrogens with one attached hydrogen (secondary N) is 1. The molecule has 0 aromatic rings. The summed E-state index contributed by atoms with van der Waals surface area (Å²) in [6.45, 7) is 1.82. The highest BCUT2D eigenvalue weighted by Gasteiger charge is 2.53. The van der Waals surface area contributed by atoms with Crippen molar-refractivity contribution >= 4 is 5.91 Å². The minimum absolute atomic E-state index is 0.247. The second kappa shape index (κ2) is 51.0.